The number of aliphatic hydroxyl groups is 1. The van der Waals surface area contributed by atoms with Crippen LogP contribution in [0.2, 0.25) is 0 Å². The first-order valence-corrected chi connectivity index (χ1v) is 5.69. The lowest BCUT2D eigenvalue weighted by molar-refractivity contribution is -0.122. The fourth-order valence-corrected chi connectivity index (χ4v) is 1.59. The van der Waals surface area contributed by atoms with Crippen molar-refractivity contribution in [2.24, 2.45) is 5.92 Å². The Bertz CT molecular complexity index is 246. The van der Waals surface area contributed by atoms with Gasteiger partial charge in [0, 0.05) is 13.0 Å². The first-order chi connectivity index (χ1) is 7.03. The molecular formula is C12H21NO2. The van der Waals surface area contributed by atoms with E-state index in [4.69, 9.17) is 0 Å². The summed E-state index contributed by atoms with van der Waals surface area (Å²) in [6, 6.07) is 0. The number of carbonyl (C=O) groups is 1. The number of allylic oxidation sites excluding steroid dienone is 2. The molecule has 3 nitrogen and oxygen atoms in total. The molecule has 3 heteroatoms. The lowest BCUT2D eigenvalue weighted by atomic mass is 10.0. The third-order valence-corrected chi connectivity index (χ3v) is 2.99. The Morgan fingerprint density at radius 1 is 1.67 bits per heavy atom. The number of amides is 1. The number of nitrogens with one attached hydrogen (secondary N) is 1. The molecule has 86 valence electrons. The second-order valence-electron chi connectivity index (χ2n) is 4.60. The molecule has 0 saturated heterocycles. The van der Waals surface area contributed by atoms with E-state index >= 15 is 0 Å². The van der Waals surface area contributed by atoms with Crippen molar-refractivity contribution in [2.45, 2.75) is 45.1 Å². The van der Waals surface area contributed by atoms with Gasteiger partial charge < -0.3 is 10.4 Å². The Hall–Kier alpha value is -0.830. The van der Waals surface area contributed by atoms with E-state index in [9.17, 15) is 9.90 Å². The molecule has 0 saturated carbocycles. The van der Waals surface area contributed by atoms with Crippen LogP contribution in [0.25, 0.3) is 0 Å². The van der Waals surface area contributed by atoms with E-state index in [1.54, 1.807) is 6.92 Å². The van der Waals surface area contributed by atoms with Gasteiger partial charge in [-0.3, -0.25) is 4.79 Å². The van der Waals surface area contributed by atoms with Crippen LogP contribution in [-0.2, 0) is 4.79 Å². The van der Waals surface area contributed by atoms with Crippen molar-refractivity contribution in [3.05, 3.63) is 12.2 Å². The van der Waals surface area contributed by atoms with E-state index in [0.717, 1.165) is 12.8 Å². The molecule has 15 heavy (non-hydrogen) atoms. The maximum absolute atomic E-state index is 11.5. The molecule has 0 fully saturated rings. The van der Waals surface area contributed by atoms with Crippen molar-refractivity contribution in [1.82, 2.24) is 5.32 Å². The van der Waals surface area contributed by atoms with E-state index in [1.807, 2.05) is 6.92 Å². The molecule has 1 aliphatic rings. The first kappa shape index (κ1) is 12.2. The summed E-state index contributed by atoms with van der Waals surface area (Å²) in [6.07, 6.45) is 7.60. The summed E-state index contributed by atoms with van der Waals surface area (Å²) in [6.45, 7) is 3.99. The van der Waals surface area contributed by atoms with Gasteiger partial charge in [0.2, 0.25) is 5.91 Å². The van der Waals surface area contributed by atoms with E-state index < -0.39 is 5.60 Å². The van der Waals surface area contributed by atoms with E-state index in [-0.39, 0.29) is 5.91 Å². The van der Waals surface area contributed by atoms with Gasteiger partial charge in [0.15, 0.2) is 0 Å². The minimum atomic E-state index is -0.777. The van der Waals surface area contributed by atoms with Crippen LogP contribution in [0.3, 0.4) is 0 Å². The summed E-state index contributed by atoms with van der Waals surface area (Å²) in [4.78, 5) is 11.5. The summed E-state index contributed by atoms with van der Waals surface area (Å²) < 4.78 is 0. The summed E-state index contributed by atoms with van der Waals surface area (Å²) in [5.41, 5.74) is -0.777. The quantitative estimate of drug-likeness (QED) is 0.679. The predicted octanol–water partition coefficient (Wildman–Crippen LogP) is 1.62. The van der Waals surface area contributed by atoms with E-state index in [1.165, 1.54) is 0 Å². The van der Waals surface area contributed by atoms with Crippen molar-refractivity contribution in [1.29, 1.82) is 0 Å². The topological polar surface area (TPSA) is 49.3 Å². The maximum atomic E-state index is 11.5. The molecule has 2 unspecified atom stereocenters. The van der Waals surface area contributed by atoms with Crippen LogP contribution < -0.4 is 5.32 Å². The molecule has 2 N–H and O–H groups in total. The Kier molecular flexibility index (Phi) is 4.33. The molecule has 0 aromatic rings. The van der Waals surface area contributed by atoms with Gasteiger partial charge in [-0.15, -0.1) is 0 Å². The average Bonchev–Trinajstić information content (AvgIpc) is 2.68. The fourth-order valence-electron chi connectivity index (χ4n) is 1.59. The SMILES string of the molecule is CCC(C)(O)CNC(=O)CC1C=CCC1. The molecule has 0 aliphatic heterocycles. The Morgan fingerprint density at radius 2 is 2.40 bits per heavy atom. The second kappa shape index (κ2) is 5.31. The van der Waals surface area contributed by atoms with Gasteiger partial charge >= 0.3 is 0 Å². The molecular weight excluding hydrogens is 190 g/mol. The Morgan fingerprint density at radius 3 is 2.93 bits per heavy atom. The summed E-state index contributed by atoms with van der Waals surface area (Å²) >= 11 is 0. The lowest BCUT2D eigenvalue weighted by Gasteiger charge is -2.21. The average molecular weight is 211 g/mol. The number of hydrogen-bond acceptors (Lipinski definition) is 2. The lowest BCUT2D eigenvalue weighted by Crippen LogP contribution is -2.40. The highest BCUT2D eigenvalue weighted by molar-refractivity contribution is 5.76. The highest BCUT2D eigenvalue weighted by Gasteiger charge is 2.19. The maximum Gasteiger partial charge on any atom is 0.220 e. The van der Waals surface area contributed by atoms with E-state index in [0.29, 0.717) is 25.3 Å². The zero-order valence-corrected chi connectivity index (χ0v) is 9.62. The van der Waals surface area contributed by atoms with Crippen molar-refractivity contribution in [3.63, 3.8) is 0 Å². The molecule has 0 aromatic heterocycles. The van der Waals surface area contributed by atoms with Gasteiger partial charge in [0.1, 0.15) is 0 Å². The van der Waals surface area contributed by atoms with Crippen LogP contribution in [0.5, 0.6) is 0 Å². The summed E-state index contributed by atoms with van der Waals surface area (Å²) in [7, 11) is 0. The summed E-state index contributed by atoms with van der Waals surface area (Å²) in [5.74, 6) is 0.442. The van der Waals surface area contributed by atoms with Crippen LogP contribution in [0.1, 0.15) is 39.5 Å². The van der Waals surface area contributed by atoms with Crippen molar-refractivity contribution in [2.75, 3.05) is 6.54 Å². The van der Waals surface area contributed by atoms with E-state index in [2.05, 4.69) is 17.5 Å². The zero-order valence-electron chi connectivity index (χ0n) is 9.62. The van der Waals surface area contributed by atoms with Gasteiger partial charge in [-0.2, -0.15) is 0 Å². The number of hydrogen-bond donors (Lipinski definition) is 2. The second-order valence-corrected chi connectivity index (χ2v) is 4.60. The molecule has 1 amide bonds. The van der Waals surface area contributed by atoms with Crippen molar-refractivity contribution < 1.29 is 9.90 Å². The smallest absolute Gasteiger partial charge is 0.220 e. The van der Waals surface area contributed by atoms with Crippen LogP contribution >= 0.6 is 0 Å². The Balaban J connectivity index is 2.21. The van der Waals surface area contributed by atoms with Gasteiger partial charge in [-0.05, 0) is 32.1 Å². The van der Waals surface area contributed by atoms with Crippen LogP contribution in [0.4, 0.5) is 0 Å². The third-order valence-electron chi connectivity index (χ3n) is 2.99. The fraction of sp³-hybridized carbons (Fsp3) is 0.750. The number of carbonyl (C=O) groups excluding carboxylic acids is 1. The van der Waals surface area contributed by atoms with Crippen molar-refractivity contribution in [3.8, 4) is 0 Å². The monoisotopic (exact) mass is 211 g/mol. The van der Waals surface area contributed by atoms with Crippen LogP contribution in [0.15, 0.2) is 12.2 Å². The molecule has 1 rings (SSSR count). The molecule has 0 aromatic carbocycles. The standard InChI is InChI=1S/C12H21NO2/c1-3-12(2,15)9-13-11(14)8-10-6-4-5-7-10/h4,6,10,15H,3,5,7-9H2,1-2H3,(H,13,14). The van der Waals surface area contributed by atoms with Crippen LogP contribution in [0, 0.1) is 5.92 Å². The highest BCUT2D eigenvalue weighted by Crippen LogP contribution is 2.20. The third kappa shape index (κ3) is 4.47. The van der Waals surface area contributed by atoms with Gasteiger partial charge in [-0.25, -0.2) is 0 Å². The highest BCUT2D eigenvalue weighted by atomic mass is 16.3. The molecule has 0 spiro atoms. The molecule has 0 heterocycles. The molecule has 0 radical (unpaired) electrons. The zero-order chi connectivity index (χ0) is 11.3. The molecule has 0 bridgehead atoms. The Labute approximate surface area is 91.6 Å². The molecule has 1 aliphatic carbocycles. The first-order valence-electron chi connectivity index (χ1n) is 5.69. The number of rotatable bonds is 5. The normalized spacial score (nSPS) is 23.8. The minimum absolute atomic E-state index is 0.0419. The van der Waals surface area contributed by atoms with Crippen LogP contribution in [-0.4, -0.2) is 23.2 Å². The molecule has 2 atom stereocenters. The summed E-state index contributed by atoms with van der Waals surface area (Å²) in [5, 5.41) is 12.5. The van der Waals surface area contributed by atoms with Gasteiger partial charge in [0.05, 0.1) is 5.60 Å². The minimum Gasteiger partial charge on any atom is -0.388 e. The predicted molar refractivity (Wildman–Crippen MR) is 60.4 cm³/mol. The van der Waals surface area contributed by atoms with Gasteiger partial charge in [-0.1, -0.05) is 19.1 Å². The largest absolute Gasteiger partial charge is 0.388 e. The van der Waals surface area contributed by atoms with Gasteiger partial charge in [0.25, 0.3) is 0 Å². The van der Waals surface area contributed by atoms with Crippen molar-refractivity contribution >= 4 is 5.91 Å².